The van der Waals surface area contributed by atoms with E-state index in [0.717, 1.165) is 25.1 Å². The van der Waals surface area contributed by atoms with Gasteiger partial charge in [0, 0.05) is 13.1 Å². The van der Waals surface area contributed by atoms with E-state index in [1.807, 2.05) is 17.0 Å². The van der Waals surface area contributed by atoms with Crippen LogP contribution in [0.5, 0.6) is 5.75 Å². The highest BCUT2D eigenvalue weighted by Gasteiger charge is 2.29. The smallest absolute Gasteiger partial charge is 0.390 e. The van der Waals surface area contributed by atoms with Gasteiger partial charge in [-0.25, -0.2) is 0 Å². The maximum atomic E-state index is 12.3. The van der Waals surface area contributed by atoms with Crippen LogP contribution in [0.25, 0.3) is 0 Å². The van der Waals surface area contributed by atoms with E-state index in [9.17, 15) is 13.2 Å². The predicted octanol–water partition coefficient (Wildman–Crippen LogP) is 4.78. The number of rotatable bonds is 4. The Morgan fingerprint density at radius 2 is 1.78 bits per heavy atom. The highest BCUT2D eigenvalue weighted by Crippen LogP contribution is 2.26. The quantitative estimate of drug-likeness (QED) is 0.788. The van der Waals surface area contributed by atoms with Crippen LogP contribution in [0.3, 0.4) is 0 Å². The van der Waals surface area contributed by atoms with Gasteiger partial charge in [-0.1, -0.05) is 32.9 Å². The molecular weight excluding hydrogens is 303 g/mol. The molecular formula is C18H26F3NO. The molecule has 130 valence electrons. The van der Waals surface area contributed by atoms with Crippen molar-refractivity contribution < 1.29 is 17.9 Å². The summed E-state index contributed by atoms with van der Waals surface area (Å²) in [5, 5.41) is 0. The third kappa shape index (κ3) is 6.05. The Morgan fingerprint density at radius 3 is 2.35 bits per heavy atom. The second-order valence-corrected chi connectivity index (χ2v) is 7.32. The van der Waals surface area contributed by atoms with Crippen LogP contribution in [-0.4, -0.2) is 36.8 Å². The number of likely N-dealkylation sites (tertiary alicyclic amines) is 1. The van der Waals surface area contributed by atoms with Crippen molar-refractivity contribution in [2.24, 2.45) is 0 Å². The summed E-state index contributed by atoms with van der Waals surface area (Å²) >= 11 is 0. The van der Waals surface area contributed by atoms with Gasteiger partial charge in [0.1, 0.15) is 11.9 Å². The first-order chi connectivity index (χ1) is 10.6. The minimum atomic E-state index is -4.09. The molecule has 1 fully saturated rings. The number of hydrogen-bond donors (Lipinski definition) is 0. The normalized spacial score (nSPS) is 20.5. The van der Waals surface area contributed by atoms with Crippen LogP contribution in [0, 0.1) is 0 Å². The Labute approximate surface area is 136 Å². The monoisotopic (exact) mass is 329 g/mol. The highest BCUT2D eigenvalue weighted by molar-refractivity contribution is 5.31. The van der Waals surface area contributed by atoms with Crippen molar-refractivity contribution in [1.29, 1.82) is 0 Å². The summed E-state index contributed by atoms with van der Waals surface area (Å²) in [5.41, 5.74) is 1.33. The van der Waals surface area contributed by atoms with Crippen LogP contribution in [-0.2, 0) is 5.41 Å². The molecule has 1 aromatic carbocycles. The molecule has 23 heavy (non-hydrogen) atoms. The number of ether oxygens (including phenoxy) is 1. The summed E-state index contributed by atoms with van der Waals surface area (Å²) in [4.78, 5) is 1.85. The maximum Gasteiger partial charge on any atom is 0.390 e. The zero-order chi connectivity index (χ0) is 17.1. The molecule has 5 heteroatoms. The lowest BCUT2D eigenvalue weighted by atomic mass is 9.87. The highest BCUT2D eigenvalue weighted by atomic mass is 19.4. The van der Waals surface area contributed by atoms with Crippen molar-refractivity contribution in [3.63, 3.8) is 0 Å². The van der Waals surface area contributed by atoms with Gasteiger partial charge in [-0.2, -0.15) is 13.2 Å². The summed E-state index contributed by atoms with van der Waals surface area (Å²) in [6.07, 6.45) is -3.10. The van der Waals surface area contributed by atoms with Gasteiger partial charge in [0.25, 0.3) is 0 Å². The fraction of sp³-hybridized carbons (Fsp3) is 0.667. The number of piperidine rings is 1. The molecule has 0 N–H and O–H groups in total. The summed E-state index contributed by atoms with van der Waals surface area (Å²) in [6, 6.07) is 8.02. The third-order valence-electron chi connectivity index (χ3n) is 4.20. The minimum Gasteiger partial charge on any atom is -0.489 e. The lowest BCUT2D eigenvalue weighted by Gasteiger charge is -2.33. The average Bonchev–Trinajstić information content (AvgIpc) is 2.44. The van der Waals surface area contributed by atoms with Crippen molar-refractivity contribution >= 4 is 0 Å². The van der Waals surface area contributed by atoms with E-state index in [2.05, 4.69) is 32.9 Å². The Balaban J connectivity index is 1.87. The number of alkyl halides is 3. The fourth-order valence-corrected chi connectivity index (χ4v) is 2.82. The van der Waals surface area contributed by atoms with Crippen molar-refractivity contribution in [1.82, 2.24) is 4.90 Å². The fourth-order valence-electron chi connectivity index (χ4n) is 2.82. The predicted molar refractivity (Wildman–Crippen MR) is 85.9 cm³/mol. The standard InChI is InChI=1S/C18H26F3NO/c1-17(2,3)14-6-8-15(9-7-14)23-16-5-4-11-22(13-16)12-10-18(19,20)21/h6-9,16H,4-5,10-13H2,1-3H3/t16-/m0/s1. The molecule has 1 atom stereocenters. The van der Waals surface area contributed by atoms with Crippen molar-refractivity contribution in [2.45, 2.75) is 57.7 Å². The number of nitrogens with zero attached hydrogens (tertiary/aromatic N) is 1. The lowest BCUT2D eigenvalue weighted by molar-refractivity contribution is -0.139. The molecule has 0 amide bonds. The third-order valence-corrected chi connectivity index (χ3v) is 4.20. The summed E-state index contributed by atoms with van der Waals surface area (Å²) in [6.45, 7) is 7.82. The number of hydrogen-bond acceptors (Lipinski definition) is 2. The van der Waals surface area contributed by atoms with Gasteiger partial charge in [-0.3, -0.25) is 4.90 Å². The van der Waals surface area contributed by atoms with Crippen LogP contribution >= 0.6 is 0 Å². The van der Waals surface area contributed by atoms with Crippen molar-refractivity contribution in [2.75, 3.05) is 19.6 Å². The summed E-state index contributed by atoms with van der Waals surface area (Å²) < 4.78 is 43.0. The first-order valence-electron chi connectivity index (χ1n) is 8.20. The van der Waals surface area contributed by atoms with Crippen LogP contribution in [0.4, 0.5) is 13.2 Å². The molecule has 0 saturated carbocycles. The molecule has 0 aliphatic carbocycles. The van der Waals surface area contributed by atoms with Gasteiger partial charge in [0.05, 0.1) is 6.42 Å². The number of benzene rings is 1. The molecule has 0 bridgehead atoms. The first-order valence-corrected chi connectivity index (χ1v) is 8.20. The summed E-state index contributed by atoms with van der Waals surface area (Å²) in [7, 11) is 0. The Hall–Kier alpha value is -1.23. The minimum absolute atomic E-state index is 0.0301. The number of halogens is 3. The molecule has 1 aliphatic rings. The molecule has 1 heterocycles. The van der Waals surface area contributed by atoms with Gasteiger partial charge < -0.3 is 4.74 Å². The molecule has 0 aromatic heterocycles. The van der Waals surface area contributed by atoms with Gasteiger partial charge in [0.15, 0.2) is 0 Å². The maximum absolute atomic E-state index is 12.3. The van der Waals surface area contributed by atoms with E-state index >= 15 is 0 Å². The van der Waals surface area contributed by atoms with Gasteiger partial charge in [0.2, 0.25) is 0 Å². The molecule has 0 spiro atoms. The van der Waals surface area contributed by atoms with Crippen LogP contribution in [0.2, 0.25) is 0 Å². The van der Waals surface area contributed by atoms with Crippen LogP contribution in [0.1, 0.15) is 45.6 Å². The van der Waals surface area contributed by atoms with Gasteiger partial charge in [-0.05, 0) is 42.5 Å². The molecule has 1 aromatic rings. The molecule has 0 unspecified atom stereocenters. The second-order valence-electron chi connectivity index (χ2n) is 7.32. The molecule has 1 aliphatic heterocycles. The topological polar surface area (TPSA) is 12.5 Å². The van der Waals surface area contributed by atoms with Crippen molar-refractivity contribution in [3.05, 3.63) is 29.8 Å². The summed E-state index contributed by atoms with van der Waals surface area (Å²) in [5.74, 6) is 0.792. The largest absolute Gasteiger partial charge is 0.489 e. The van der Waals surface area contributed by atoms with Crippen molar-refractivity contribution in [3.8, 4) is 5.75 Å². The SMILES string of the molecule is CC(C)(C)c1ccc(O[C@H]2CCCN(CCC(F)(F)F)C2)cc1. The lowest BCUT2D eigenvalue weighted by Crippen LogP contribution is -2.42. The van der Waals surface area contributed by atoms with E-state index in [4.69, 9.17) is 4.74 Å². The molecule has 2 nitrogen and oxygen atoms in total. The average molecular weight is 329 g/mol. The molecule has 0 radical (unpaired) electrons. The molecule has 2 rings (SSSR count). The molecule has 1 saturated heterocycles. The van der Waals surface area contributed by atoms with Gasteiger partial charge >= 0.3 is 6.18 Å². The van der Waals surface area contributed by atoms with E-state index in [0.29, 0.717) is 6.54 Å². The van der Waals surface area contributed by atoms with E-state index < -0.39 is 12.6 Å². The van der Waals surface area contributed by atoms with E-state index in [-0.39, 0.29) is 18.1 Å². The van der Waals surface area contributed by atoms with Crippen LogP contribution in [0.15, 0.2) is 24.3 Å². The Bertz CT molecular complexity index is 490. The van der Waals surface area contributed by atoms with E-state index in [1.54, 1.807) is 0 Å². The van der Waals surface area contributed by atoms with Crippen LogP contribution < -0.4 is 4.74 Å². The zero-order valence-corrected chi connectivity index (χ0v) is 14.1. The Kier molecular flexibility index (Phi) is 5.61. The zero-order valence-electron chi connectivity index (χ0n) is 14.1. The van der Waals surface area contributed by atoms with Gasteiger partial charge in [-0.15, -0.1) is 0 Å². The second kappa shape index (κ2) is 7.12. The Morgan fingerprint density at radius 1 is 1.13 bits per heavy atom. The first kappa shape index (κ1) is 18.1. The van der Waals surface area contributed by atoms with E-state index in [1.165, 1.54) is 5.56 Å².